The average molecular weight is 597 g/mol. The molecule has 3 aromatic rings. The number of amides is 2. The van der Waals surface area contributed by atoms with E-state index in [-0.39, 0.29) is 48.3 Å². The lowest BCUT2D eigenvalue weighted by Gasteiger charge is -2.31. The predicted octanol–water partition coefficient (Wildman–Crippen LogP) is 2.73. The molecule has 0 aliphatic carbocycles. The molecule has 1 saturated heterocycles. The number of carbonyl (C=O) groups is 2. The largest absolute Gasteiger partial charge is 0.506 e. The fraction of sp³-hybridized carbons (Fsp3) is 0.333. The molecule has 1 fully saturated rings. The maximum atomic E-state index is 13.6. The third-order valence-corrected chi connectivity index (χ3v) is 8.69. The van der Waals surface area contributed by atoms with Crippen LogP contribution in [0.2, 0.25) is 0 Å². The number of anilines is 2. The highest BCUT2D eigenvalue weighted by Crippen LogP contribution is 2.30. The maximum absolute atomic E-state index is 13.6. The fourth-order valence-corrected chi connectivity index (χ4v) is 6.34. The van der Waals surface area contributed by atoms with E-state index < -0.39 is 40.3 Å². The van der Waals surface area contributed by atoms with Crippen LogP contribution in [0.25, 0.3) is 0 Å². The zero-order valence-electron chi connectivity index (χ0n) is 23.5. The number of nitrogens with one attached hydrogen (secondary N) is 1. The highest BCUT2D eigenvalue weighted by atomic mass is 32.2. The minimum absolute atomic E-state index is 0.0373. The minimum atomic E-state index is -4.00. The first-order valence-electron chi connectivity index (χ1n) is 13.6. The maximum Gasteiger partial charge on any atom is 0.415 e. The lowest BCUT2D eigenvalue weighted by molar-refractivity contribution is -0.129. The Morgan fingerprint density at radius 1 is 1.05 bits per heavy atom. The summed E-state index contributed by atoms with van der Waals surface area (Å²) in [4.78, 5) is 27.1. The van der Waals surface area contributed by atoms with E-state index in [1.54, 1.807) is 12.1 Å². The van der Waals surface area contributed by atoms with Gasteiger partial charge in [0.05, 0.1) is 29.3 Å². The molecule has 0 spiro atoms. The number of rotatable bonds is 12. The van der Waals surface area contributed by atoms with Crippen molar-refractivity contribution in [3.8, 4) is 5.75 Å². The molecule has 42 heavy (non-hydrogen) atoms. The highest BCUT2D eigenvalue weighted by molar-refractivity contribution is 7.89. The standard InChI is InChI=1S/C30H36N4O7S/c1-20(2)17-33(42(39,40)23-14-12-22(31)13-15-23)18-27(36)24(16-21-8-4-3-5-9-21)32-29(37)28-19-34(30(38)41-28)25-10-6-7-11-26(25)35/h3-15,20,24,27-28,35-36H,16-19,31H2,1-2H3,(H,32,37)/t24-,27?,28-/m0/s1. The molecule has 0 aromatic heterocycles. The van der Waals surface area contributed by atoms with Gasteiger partial charge in [0.1, 0.15) is 5.75 Å². The summed E-state index contributed by atoms with van der Waals surface area (Å²) < 4.78 is 33.6. The van der Waals surface area contributed by atoms with E-state index in [4.69, 9.17) is 10.5 Å². The number of ether oxygens (including phenoxy) is 1. The summed E-state index contributed by atoms with van der Waals surface area (Å²) in [5.41, 5.74) is 7.17. The molecule has 0 saturated carbocycles. The molecule has 1 unspecified atom stereocenters. The predicted molar refractivity (Wildman–Crippen MR) is 158 cm³/mol. The van der Waals surface area contributed by atoms with Crippen molar-refractivity contribution in [1.82, 2.24) is 9.62 Å². The van der Waals surface area contributed by atoms with Crippen LogP contribution in [0.5, 0.6) is 5.75 Å². The van der Waals surface area contributed by atoms with Crippen LogP contribution in [-0.2, 0) is 26.0 Å². The zero-order chi connectivity index (χ0) is 30.4. The van der Waals surface area contributed by atoms with Crippen LogP contribution < -0.4 is 16.0 Å². The first-order chi connectivity index (χ1) is 20.0. The first kappa shape index (κ1) is 30.8. The first-order valence-corrected chi connectivity index (χ1v) is 15.0. The Labute approximate surface area is 245 Å². The molecule has 2 amide bonds. The number of sulfonamides is 1. The van der Waals surface area contributed by atoms with E-state index in [2.05, 4.69) is 5.32 Å². The molecule has 1 heterocycles. The number of hydrogen-bond donors (Lipinski definition) is 4. The van der Waals surface area contributed by atoms with E-state index in [9.17, 15) is 28.2 Å². The van der Waals surface area contributed by atoms with Gasteiger partial charge in [0.25, 0.3) is 5.91 Å². The van der Waals surface area contributed by atoms with Gasteiger partial charge < -0.3 is 26.0 Å². The second-order valence-corrected chi connectivity index (χ2v) is 12.6. The van der Waals surface area contributed by atoms with Crippen LogP contribution in [0, 0.1) is 5.92 Å². The summed E-state index contributed by atoms with van der Waals surface area (Å²) in [6.45, 7) is 3.42. The van der Waals surface area contributed by atoms with E-state index in [1.165, 1.54) is 40.7 Å². The molecular weight excluding hydrogens is 560 g/mol. The number of nitrogens with two attached hydrogens (primary N) is 1. The minimum Gasteiger partial charge on any atom is -0.506 e. The Morgan fingerprint density at radius 3 is 2.33 bits per heavy atom. The Kier molecular flexibility index (Phi) is 9.71. The van der Waals surface area contributed by atoms with Crippen LogP contribution in [-0.4, -0.2) is 72.8 Å². The van der Waals surface area contributed by atoms with Crippen LogP contribution in [0.1, 0.15) is 19.4 Å². The molecule has 0 bridgehead atoms. The van der Waals surface area contributed by atoms with Crippen molar-refractivity contribution in [2.75, 3.05) is 30.3 Å². The smallest absolute Gasteiger partial charge is 0.415 e. The summed E-state index contributed by atoms with van der Waals surface area (Å²) in [5, 5.41) is 24.4. The molecular formula is C30H36N4O7S. The van der Waals surface area contributed by atoms with E-state index in [0.29, 0.717) is 5.69 Å². The topological polar surface area (TPSA) is 163 Å². The Balaban J connectivity index is 1.55. The molecule has 5 N–H and O–H groups in total. The zero-order valence-corrected chi connectivity index (χ0v) is 24.3. The van der Waals surface area contributed by atoms with Gasteiger partial charge in [0.2, 0.25) is 10.0 Å². The monoisotopic (exact) mass is 596 g/mol. The van der Waals surface area contributed by atoms with Gasteiger partial charge in [-0.3, -0.25) is 9.69 Å². The Hall–Kier alpha value is -4.13. The molecule has 3 aromatic carbocycles. The number of cyclic esters (lactones) is 1. The van der Waals surface area contributed by atoms with Crippen molar-refractivity contribution in [3.05, 3.63) is 84.4 Å². The molecule has 1 aliphatic heterocycles. The lowest BCUT2D eigenvalue weighted by Crippen LogP contribution is -2.53. The summed E-state index contributed by atoms with van der Waals surface area (Å²) in [6.07, 6.45) is -3.14. The number of aromatic hydroxyl groups is 1. The van der Waals surface area contributed by atoms with Crippen LogP contribution in [0.3, 0.4) is 0 Å². The van der Waals surface area contributed by atoms with Gasteiger partial charge in [-0.2, -0.15) is 4.31 Å². The van der Waals surface area contributed by atoms with E-state index in [0.717, 1.165) is 10.5 Å². The lowest BCUT2D eigenvalue weighted by atomic mass is 10.0. The number of benzene rings is 3. The van der Waals surface area contributed by atoms with Crippen LogP contribution >= 0.6 is 0 Å². The average Bonchev–Trinajstić information content (AvgIpc) is 3.34. The highest BCUT2D eigenvalue weighted by Gasteiger charge is 2.40. The Morgan fingerprint density at radius 2 is 1.69 bits per heavy atom. The molecule has 1 aliphatic rings. The Bertz CT molecular complexity index is 1480. The molecule has 4 rings (SSSR count). The second-order valence-electron chi connectivity index (χ2n) is 10.6. The number of para-hydroxylation sites is 2. The summed E-state index contributed by atoms with van der Waals surface area (Å²) >= 11 is 0. The number of aliphatic hydroxyl groups excluding tert-OH is 1. The van der Waals surface area contributed by atoms with Gasteiger partial charge in [0, 0.05) is 18.8 Å². The van der Waals surface area contributed by atoms with E-state index >= 15 is 0 Å². The fourth-order valence-electron chi connectivity index (χ4n) is 4.72. The summed E-state index contributed by atoms with van der Waals surface area (Å²) in [6, 6.07) is 20.2. The quantitative estimate of drug-likeness (QED) is 0.232. The molecule has 224 valence electrons. The third-order valence-electron chi connectivity index (χ3n) is 6.84. The van der Waals surface area contributed by atoms with Crippen molar-refractivity contribution in [3.63, 3.8) is 0 Å². The van der Waals surface area contributed by atoms with Gasteiger partial charge in [-0.15, -0.1) is 0 Å². The van der Waals surface area contributed by atoms with Gasteiger partial charge in [-0.05, 0) is 54.3 Å². The van der Waals surface area contributed by atoms with Crippen molar-refractivity contribution in [2.24, 2.45) is 5.92 Å². The van der Waals surface area contributed by atoms with Gasteiger partial charge in [0.15, 0.2) is 6.10 Å². The van der Waals surface area contributed by atoms with Gasteiger partial charge in [-0.1, -0.05) is 56.3 Å². The number of nitrogens with zero attached hydrogens (tertiary/aromatic N) is 2. The van der Waals surface area contributed by atoms with E-state index in [1.807, 2.05) is 44.2 Å². The number of hydrogen-bond acceptors (Lipinski definition) is 8. The number of nitrogen functional groups attached to an aromatic ring is 1. The van der Waals surface area contributed by atoms with Crippen molar-refractivity contribution in [1.29, 1.82) is 0 Å². The van der Waals surface area contributed by atoms with Crippen molar-refractivity contribution in [2.45, 2.75) is 43.4 Å². The van der Waals surface area contributed by atoms with Crippen LogP contribution in [0.15, 0.2) is 83.8 Å². The summed E-state index contributed by atoms with van der Waals surface area (Å²) in [5.74, 6) is -0.847. The van der Waals surface area contributed by atoms with Crippen LogP contribution in [0.4, 0.5) is 16.2 Å². The molecule has 12 heteroatoms. The molecule has 11 nitrogen and oxygen atoms in total. The number of phenols is 1. The molecule has 3 atom stereocenters. The summed E-state index contributed by atoms with van der Waals surface area (Å²) in [7, 11) is -4.00. The SMILES string of the molecule is CC(C)CN(CC(O)[C@H](Cc1ccccc1)NC(=O)[C@@H]1CN(c2ccccc2O)C(=O)O1)S(=O)(=O)c1ccc(N)cc1. The molecule has 0 radical (unpaired) electrons. The number of aliphatic hydroxyl groups is 1. The normalized spacial score (nSPS) is 16.8. The van der Waals surface area contributed by atoms with Gasteiger partial charge >= 0.3 is 6.09 Å². The van der Waals surface area contributed by atoms with Crippen molar-refractivity contribution >= 4 is 33.4 Å². The van der Waals surface area contributed by atoms with Gasteiger partial charge in [-0.25, -0.2) is 13.2 Å². The number of phenolic OH excluding ortho intramolecular Hbond substituents is 1. The number of carbonyl (C=O) groups excluding carboxylic acids is 2. The second kappa shape index (κ2) is 13.2. The third kappa shape index (κ3) is 7.38. The van der Waals surface area contributed by atoms with Crippen molar-refractivity contribution < 1.29 is 33.0 Å².